The van der Waals surface area contributed by atoms with Gasteiger partial charge in [0.05, 0.1) is 15.9 Å². The fourth-order valence-corrected chi connectivity index (χ4v) is 4.17. The van der Waals surface area contributed by atoms with Crippen molar-refractivity contribution in [1.29, 1.82) is 0 Å². The summed E-state index contributed by atoms with van der Waals surface area (Å²) < 4.78 is 3.24. The van der Waals surface area contributed by atoms with Gasteiger partial charge in [0, 0.05) is 41.8 Å². The van der Waals surface area contributed by atoms with Crippen molar-refractivity contribution in [2.24, 2.45) is 7.05 Å². The average Bonchev–Trinajstić information content (AvgIpc) is 3.24. The van der Waals surface area contributed by atoms with E-state index in [1.807, 2.05) is 36.3 Å². The Bertz CT molecular complexity index is 1020. The van der Waals surface area contributed by atoms with Gasteiger partial charge < -0.3 is 0 Å². The molecular formula is C21H22N4S. The molecule has 4 nitrogen and oxygen atoms in total. The molecule has 0 aliphatic heterocycles. The van der Waals surface area contributed by atoms with Gasteiger partial charge in [-0.3, -0.25) is 14.6 Å². The number of aromatic nitrogens is 4. The highest BCUT2D eigenvalue weighted by atomic mass is 32.1. The predicted octanol–water partition coefficient (Wildman–Crippen LogP) is 4.83. The number of fused-ring (bicyclic) bond motifs is 1. The highest BCUT2D eigenvalue weighted by Crippen LogP contribution is 2.32. The number of hydrogen-bond acceptors (Lipinski definition) is 4. The monoisotopic (exact) mass is 362 g/mol. The third-order valence-corrected chi connectivity index (χ3v) is 5.57. The van der Waals surface area contributed by atoms with E-state index in [-0.39, 0.29) is 0 Å². The minimum Gasteiger partial charge on any atom is -0.272 e. The Hall–Kier alpha value is -2.53. The fourth-order valence-electron chi connectivity index (χ4n) is 3.27. The second-order valence-corrected chi connectivity index (χ2v) is 7.45. The van der Waals surface area contributed by atoms with Gasteiger partial charge in [-0.2, -0.15) is 5.10 Å². The summed E-state index contributed by atoms with van der Waals surface area (Å²) in [5.74, 6) is 0. The zero-order valence-electron chi connectivity index (χ0n) is 15.1. The first kappa shape index (κ1) is 16.9. The first-order valence-electron chi connectivity index (χ1n) is 9.04. The lowest BCUT2D eigenvalue weighted by Crippen LogP contribution is -1.98. The van der Waals surface area contributed by atoms with Crippen molar-refractivity contribution in [1.82, 2.24) is 19.7 Å². The Morgan fingerprint density at radius 1 is 1.00 bits per heavy atom. The molecule has 0 bridgehead atoms. The van der Waals surface area contributed by atoms with Crippen LogP contribution in [0.1, 0.15) is 30.4 Å². The Balaban J connectivity index is 1.57. The van der Waals surface area contributed by atoms with Gasteiger partial charge in [-0.05, 0) is 55.2 Å². The highest BCUT2D eigenvalue weighted by molar-refractivity contribution is 7.17. The van der Waals surface area contributed by atoms with E-state index in [0.717, 1.165) is 42.6 Å². The van der Waals surface area contributed by atoms with Crippen molar-refractivity contribution in [3.05, 3.63) is 65.2 Å². The van der Waals surface area contributed by atoms with Crippen LogP contribution in [0.3, 0.4) is 0 Å². The second-order valence-electron chi connectivity index (χ2n) is 6.54. The number of nitrogens with zero attached hydrogens (tertiary/aromatic N) is 4. The topological polar surface area (TPSA) is 43.6 Å². The average molecular weight is 363 g/mol. The molecule has 0 saturated heterocycles. The van der Waals surface area contributed by atoms with Crippen LogP contribution in [0, 0.1) is 0 Å². The van der Waals surface area contributed by atoms with Crippen LogP contribution in [0.15, 0.2) is 48.1 Å². The van der Waals surface area contributed by atoms with Gasteiger partial charge in [0.15, 0.2) is 0 Å². The quantitative estimate of drug-likeness (QED) is 0.493. The molecule has 4 aromatic heterocycles. The van der Waals surface area contributed by atoms with Crippen LogP contribution in [-0.2, 0) is 26.3 Å². The molecule has 0 unspecified atom stereocenters. The van der Waals surface area contributed by atoms with Crippen LogP contribution in [0.4, 0.5) is 0 Å². The molecular weight excluding hydrogens is 340 g/mol. The third kappa shape index (κ3) is 3.40. The van der Waals surface area contributed by atoms with E-state index >= 15 is 0 Å². The molecule has 0 radical (unpaired) electrons. The number of thiophene rings is 1. The summed E-state index contributed by atoms with van der Waals surface area (Å²) in [6, 6.07) is 10.6. The molecule has 0 aliphatic rings. The summed E-state index contributed by atoms with van der Waals surface area (Å²) in [7, 11) is 2.03. The molecule has 0 fully saturated rings. The predicted molar refractivity (Wildman–Crippen MR) is 107 cm³/mol. The van der Waals surface area contributed by atoms with Crippen LogP contribution < -0.4 is 0 Å². The first-order chi connectivity index (χ1) is 12.7. The van der Waals surface area contributed by atoms with Gasteiger partial charge in [-0.25, -0.2) is 0 Å². The zero-order valence-corrected chi connectivity index (χ0v) is 16.0. The van der Waals surface area contributed by atoms with E-state index in [1.54, 1.807) is 11.3 Å². The summed E-state index contributed by atoms with van der Waals surface area (Å²) in [5, 5.41) is 6.83. The van der Waals surface area contributed by atoms with Crippen molar-refractivity contribution >= 4 is 21.6 Å². The van der Waals surface area contributed by atoms with E-state index in [2.05, 4.69) is 40.6 Å². The third-order valence-electron chi connectivity index (χ3n) is 4.64. The largest absolute Gasteiger partial charge is 0.272 e. The molecule has 4 heterocycles. The normalized spacial score (nSPS) is 11.3. The van der Waals surface area contributed by atoms with Gasteiger partial charge in [-0.1, -0.05) is 13.3 Å². The zero-order chi connectivity index (χ0) is 17.9. The summed E-state index contributed by atoms with van der Waals surface area (Å²) in [4.78, 5) is 9.06. The van der Waals surface area contributed by atoms with E-state index in [0.29, 0.717) is 0 Å². The molecule has 5 heteroatoms. The molecule has 0 atom stereocenters. The van der Waals surface area contributed by atoms with Gasteiger partial charge in [0.2, 0.25) is 0 Å². The maximum absolute atomic E-state index is 4.95. The van der Waals surface area contributed by atoms with Crippen molar-refractivity contribution < 1.29 is 0 Å². The van der Waals surface area contributed by atoms with Gasteiger partial charge in [0.25, 0.3) is 0 Å². The summed E-state index contributed by atoms with van der Waals surface area (Å²) in [6.45, 7) is 2.20. The lowest BCUT2D eigenvalue weighted by Gasteiger charge is -2.02. The lowest BCUT2D eigenvalue weighted by atomic mass is 10.1. The van der Waals surface area contributed by atoms with Crippen LogP contribution in [0.5, 0.6) is 0 Å². The Morgan fingerprint density at radius 2 is 1.81 bits per heavy atom. The summed E-state index contributed by atoms with van der Waals surface area (Å²) in [5.41, 5.74) is 7.03. The van der Waals surface area contributed by atoms with E-state index in [9.17, 15) is 0 Å². The minimum absolute atomic E-state index is 0.907. The van der Waals surface area contributed by atoms with Crippen LogP contribution >= 0.6 is 11.3 Å². The molecule has 0 amide bonds. The van der Waals surface area contributed by atoms with Gasteiger partial charge in [0.1, 0.15) is 0 Å². The van der Waals surface area contributed by atoms with E-state index in [4.69, 9.17) is 4.98 Å². The van der Waals surface area contributed by atoms with Crippen LogP contribution in [0.2, 0.25) is 0 Å². The molecule has 0 aliphatic carbocycles. The Kier molecular flexibility index (Phi) is 4.80. The first-order valence-corrected chi connectivity index (χ1v) is 9.92. The maximum Gasteiger partial charge on any atom is 0.0891 e. The molecule has 0 N–H and O–H groups in total. The van der Waals surface area contributed by atoms with E-state index < -0.39 is 0 Å². The van der Waals surface area contributed by atoms with Gasteiger partial charge in [-0.15, -0.1) is 11.3 Å². The highest BCUT2D eigenvalue weighted by Gasteiger charge is 2.10. The smallest absolute Gasteiger partial charge is 0.0891 e. The van der Waals surface area contributed by atoms with Crippen molar-refractivity contribution in [2.45, 2.75) is 32.6 Å². The second kappa shape index (κ2) is 7.38. The Labute approximate surface area is 157 Å². The maximum atomic E-state index is 4.95. The lowest BCUT2D eigenvalue weighted by molar-refractivity contribution is 0.683. The number of rotatable bonds is 6. The summed E-state index contributed by atoms with van der Waals surface area (Å²) >= 11 is 1.74. The van der Waals surface area contributed by atoms with Crippen molar-refractivity contribution in [3.63, 3.8) is 0 Å². The molecule has 0 saturated carbocycles. The van der Waals surface area contributed by atoms with Crippen molar-refractivity contribution in [3.8, 4) is 11.1 Å². The van der Waals surface area contributed by atoms with E-state index in [1.165, 1.54) is 21.5 Å². The fraction of sp³-hybridized carbons (Fsp3) is 0.286. The molecule has 26 heavy (non-hydrogen) atoms. The van der Waals surface area contributed by atoms with Crippen molar-refractivity contribution in [2.75, 3.05) is 0 Å². The van der Waals surface area contributed by atoms with Gasteiger partial charge >= 0.3 is 0 Å². The minimum atomic E-state index is 0.907. The van der Waals surface area contributed by atoms with Crippen LogP contribution in [0.25, 0.3) is 21.3 Å². The molecule has 132 valence electrons. The number of aryl methyl sites for hydroxylation is 4. The Morgan fingerprint density at radius 3 is 2.62 bits per heavy atom. The number of pyridine rings is 2. The molecule has 4 rings (SSSR count). The molecule has 0 aromatic carbocycles. The standard InChI is InChI=1S/C21H22N4S/c1-3-4-18-13-17(24-25(18)2)6-5-16-7-8-20-21(23-16)19(14-26-20)15-9-11-22-12-10-15/h7-14H,3-6H2,1-2H3. The number of hydrogen-bond donors (Lipinski definition) is 0. The SMILES string of the molecule is CCCc1cc(CCc2ccc3scc(-c4ccncc4)c3n2)nn1C. The summed E-state index contributed by atoms with van der Waals surface area (Å²) in [6.07, 6.45) is 7.72. The molecule has 0 spiro atoms. The van der Waals surface area contributed by atoms with Crippen LogP contribution in [-0.4, -0.2) is 19.7 Å². The molecule has 4 aromatic rings.